The van der Waals surface area contributed by atoms with E-state index in [1.165, 1.54) is 0 Å². The van der Waals surface area contributed by atoms with E-state index < -0.39 is 0 Å². The van der Waals surface area contributed by atoms with Gasteiger partial charge in [-0.05, 0) is 37.1 Å². The van der Waals surface area contributed by atoms with Gasteiger partial charge >= 0.3 is 0 Å². The summed E-state index contributed by atoms with van der Waals surface area (Å²) < 4.78 is 0. The maximum absolute atomic E-state index is 12.2. The Morgan fingerprint density at radius 3 is 2.52 bits per heavy atom. The normalized spacial score (nSPS) is 14.3. The molecule has 3 rings (SSSR count). The predicted octanol–water partition coefficient (Wildman–Crippen LogP) is 1.85. The maximum Gasteiger partial charge on any atom is 0.298 e. The van der Waals surface area contributed by atoms with Gasteiger partial charge in [0.1, 0.15) is 0 Å². The number of amides is 2. The first-order valence-corrected chi connectivity index (χ1v) is 8.29. The highest BCUT2D eigenvalue weighted by atomic mass is 16.2. The average molecular weight is 333 g/mol. The highest BCUT2D eigenvalue weighted by molar-refractivity contribution is 5.95. The number of carbonyl (C=O) groups is 2. The van der Waals surface area contributed by atoms with Crippen LogP contribution < -0.4 is 5.32 Å². The number of rotatable bonds is 2. The van der Waals surface area contributed by atoms with Crippen molar-refractivity contribution >= 4 is 11.8 Å². The summed E-state index contributed by atoms with van der Waals surface area (Å²) >= 11 is 0. The van der Waals surface area contributed by atoms with E-state index >= 15 is 0 Å². The second-order valence-electron chi connectivity index (χ2n) is 5.90. The Hall–Kier alpha value is -3.13. The number of nitrogens with one attached hydrogen (secondary N) is 1. The van der Waals surface area contributed by atoms with Crippen molar-refractivity contribution in [3.8, 4) is 11.8 Å². The SMILES string of the molecule is O=C(NC1CCN(C(=O)C#Cc2ccccc2)CC1)c1cccnc1. The number of pyridine rings is 1. The van der Waals surface area contributed by atoms with Gasteiger partial charge in [-0.3, -0.25) is 14.6 Å². The lowest BCUT2D eigenvalue weighted by Gasteiger charge is -2.31. The van der Waals surface area contributed by atoms with Crippen molar-refractivity contribution < 1.29 is 9.59 Å². The smallest absolute Gasteiger partial charge is 0.298 e. The number of benzene rings is 1. The molecule has 1 fully saturated rings. The highest BCUT2D eigenvalue weighted by Gasteiger charge is 2.23. The second kappa shape index (κ2) is 8.11. The Morgan fingerprint density at radius 2 is 1.84 bits per heavy atom. The van der Waals surface area contributed by atoms with Gasteiger partial charge in [-0.25, -0.2) is 0 Å². The Kier molecular flexibility index (Phi) is 5.43. The van der Waals surface area contributed by atoms with Crippen LogP contribution in [-0.4, -0.2) is 40.8 Å². The van der Waals surface area contributed by atoms with Crippen LogP contribution in [0.5, 0.6) is 0 Å². The van der Waals surface area contributed by atoms with Crippen LogP contribution in [0.3, 0.4) is 0 Å². The molecule has 1 aliphatic heterocycles. The Balaban J connectivity index is 1.49. The van der Waals surface area contributed by atoms with Crippen molar-refractivity contribution in [3.63, 3.8) is 0 Å². The lowest BCUT2D eigenvalue weighted by molar-refractivity contribution is -0.126. The van der Waals surface area contributed by atoms with Crippen molar-refractivity contribution in [2.75, 3.05) is 13.1 Å². The van der Waals surface area contributed by atoms with Gasteiger partial charge in [0.05, 0.1) is 5.56 Å². The standard InChI is InChI=1S/C20H19N3O2/c24-19(9-8-16-5-2-1-3-6-16)23-13-10-18(11-14-23)22-20(25)17-7-4-12-21-15-17/h1-7,12,15,18H,10-11,13-14H2,(H,22,25). The van der Waals surface area contributed by atoms with Gasteiger partial charge < -0.3 is 10.2 Å². The minimum atomic E-state index is -0.166. The van der Waals surface area contributed by atoms with Gasteiger partial charge in [0.15, 0.2) is 0 Å². The van der Waals surface area contributed by atoms with Gasteiger partial charge in [0.25, 0.3) is 11.8 Å². The van der Waals surface area contributed by atoms with Crippen LogP contribution in [0, 0.1) is 11.8 Å². The number of hydrogen-bond donors (Lipinski definition) is 1. The predicted molar refractivity (Wildman–Crippen MR) is 94.6 cm³/mol. The third kappa shape index (κ3) is 4.67. The van der Waals surface area contributed by atoms with E-state index in [9.17, 15) is 9.59 Å². The zero-order valence-corrected chi connectivity index (χ0v) is 13.8. The molecule has 0 atom stereocenters. The number of carbonyl (C=O) groups excluding carboxylic acids is 2. The first-order chi connectivity index (χ1) is 12.2. The molecule has 5 heteroatoms. The topological polar surface area (TPSA) is 62.3 Å². The third-order valence-electron chi connectivity index (χ3n) is 4.13. The lowest BCUT2D eigenvalue weighted by atomic mass is 10.0. The first-order valence-electron chi connectivity index (χ1n) is 8.29. The maximum atomic E-state index is 12.2. The number of nitrogens with zero attached hydrogens (tertiary/aromatic N) is 2. The Labute approximate surface area is 147 Å². The monoisotopic (exact) mass is 333 g/mol. The summed E-state index contributed by atoms with van der Waals surface area (Å²) in [4.78, 5) is 30.0. The fourth-order valence-electron chi connectivity index (χ4n) is 2.72. The molecule has 1 aromatic carbocycles. The number of likely N-dealkylation sites (tertiary alicyclic amines) is 1. The minimum absolute atomic E-state index is 0.0684. The molecule has 1 aliphatic rings. The number of aromatic nitrogens is 1. The second-order valence-corrected chi connectivity index (χ2v) is 5.90. The van der Waals surface area contributed by atoms with Crippen LogP contribution in [0.1, 0.15) is 28.8 Å². The Bertz CT molecular complexity index is 786. The van der Waals surface area contributed by atoms with E-state index in [-0.39, 0.29) is 17.9 Å². The molecule has 1 aromatic heterocycles. The lowest BCUT2D eigenvalue weighted by Crippen LogP contribution is -2.46. The molecular weight excluding hydrogens is 314 g/mol. The molecule has 0 radical (unpaired) electrons. The third-order valence-corrected chi connectivity index (χ3v) is 4.13. The fraction of sp³-hybridized carbons (Fsp3) is 0.250. The summed E-state index contributed by atoms with van der Waals surface area (Å²) in [6.45, 7) is 1.20. The van der Waals surface area contributed by atoms with Crippen molar-refractivity contribution in [2.24, 2.45) is 0 Å². The summed E-state index contributed by atoms with van der Waals surface area (Å²) in [7, 11) is 0. The molecule has 0 aliphatic carbocycles. The molecule has 0 bridgehead atoms. The van der Waals surface area contributed by atoms with Gasteiger partial charge in [-0.15, -0.1) is 0 Å². The van der Waals surface area contributed by atoms with Crippen LogP contribution in [0.2, 0.25) is 0 Å². The first kappa shape index (κ1) is 16.7. The van der Waals surface area contributed by atoms with E-state index in [0.717, 1.165) is 18.4 Å². The van der Waals surface area contributed by atoms with Crippen LogP contribution in [0.4, 0.5) is 0 Å². The fourth-order valence-corrected chi connectivity index (χ4v) is 2.72. The van der Waals surface area contributed by atoms with Crippen LogP contribution >= 0.6 is 0 Å². The largest absolute Gasteiger partial charge is 0.349 e. The number of piperidine rings is 1. The van der Waals surface area contributed by atoms with E-state index in [4.69, 9.17) is 0 Å². The van der Waals surface area contributed by atoms with E-state index in [1.54, 1.807) is 29.4 Å². The van der Waals surface area contributed by atoms with Gasteiger partial charge in [0.2, 0.25) is 0 Å². The minimum Gasteiger partial charge on any atom is -0.349 e. The molecule has 2 amide bonds. The summed E-state index contributed by atoms with van der Waals surface area (Å²) in [5, 5.41) is 3.00. The molecule has 25 heavy (non-hydrogen) atoms. The van der Waals surface area contributed by atoms with Gasteiger partial charge in [-0.2, -0.15) is 0 Å². The molecule has 1 N–H and O–H groups in total. The molecule has 5 nitrogen and oxygen atoms in total. The molecule has 0 unspecified atom stereocenters. The van der Waals surface area contributed by atoms with Crippen molar-refractivity contribution in [1.82, 2.24) is 15.2 Å². The van der Waals surface area contributed by atoms with E-state index in [1.807, 2.05) is 30.3 Å². The van der Waals surface area contributed by atoms with Crippen molar-refractivity contribution in [1.29, 1.82) is 0 Å². The highest BCUT2D eigenvalue weighted by Crippen LogP contribution is 2.11. The van der Waals surface area contributed by atoms with E-state index in [0.29, 0.717) is 18.7 Å². The zero-order valence-electron chi connectivity index (χ0n) is 13.8. The quantitative estimate of drug-likeness (QED) is 0.853. The average Bonchev–Trinajstić information content (AvgIpc) is 2.68. The molecule has 2 aromatic rings. The summed E-state index contributed by atoms with van der Waals surface area (Å²) in [6, 6.07) is 13.0. The van der Waals surface area contributed by atoms with E-state index in [2.05, 4.69) is 22.1 Å². The van der Waals surface area contributed by atoms with Crippen molar-refractivity contribution in [3.05, 3.63) is 66.0 Å². The molecule has 2 heterocycles. The summed E-state index contributed by atoms with van der Waals surface area (Å²) in [5.74, 6) is 5.29. The molecule has 0 spiro atoms. The molecule has 1 saturated heterocycles. The van der Waals surface area contributed by atoms with Gasteiger partial charge in [0, 0.05) is 43.0 Å². The molecular formula is C20H19N3O2. The van der Waals surface area contributed by atoms with Crippen LogP contribution in [-0.2, 0) is 4.79 Å². The number of hydrogen-bond acceptors (Lipinski definition) is 3. The van der Waals surface area contributed by atoms with Crippen LogP contribution in [0.25, 0.3) is 0 Å². The summed E-state index contributed by atoms with van der Waals surface area (Å²) in [5.41, 5.74) is 1.38. The molecule has 126 valence electrons. The van der Waals surface area contributed by atoms with Crippen LogP contribution in [0.15, 0.2) is 54.9 Å². The molecule has 0 saturated carbocycles. The van der Waals surface area contributed by atoms with Crippen molar-refractivity contribution in [2.45, 2.75) is 18.9 Å². The Morgan fingerprint density at radius 1 is 1.08 bits per heavy atom. The zero-order chi connectivity index (χ0) is 17.5. The summed E-state index contributed by atoms with van der Waals surface area (Å²) in [6.07, 6.45) is 4.64. The van der Waals surface area contributed by atoms with Gasteiger partial charge in [-0.1, -0.05) is 24.1 Å².